The minimum absolute atomic E-state index is 0. The first-order valence-corrected chi connectivity index (χ1v) is 4.50. The van der Waals surface area contributed by atoms with Gasteiger partial charge in [0.25, 0.3) is 0 Å². The monoisotopic (exact) mass is 251 g/mol. The second kappa shape index (κ2) is 6.14. The Kier molecular flexibility index (Phi) is 5.93. The van der Waals surface area contributed by atoms with E-state index in [1.165, 1.54) is 0 Å². The van der Waals surface area contributed by atoms with Crippen molar-refractivity contribution in [2.24, 2.45) is 0 Å². The Labute approximate surface area is 86.6 Å². The lowest BCUT2D eigenvalue weighted by Crippen LogP contribution is -2.00. The van der Waals surface area contributed by atoms with Gasteiger partial charge in [-0.1, -0.05) is 28.1 Å². The van der Waals surface area contributed by atoms with Crippen LogP contribution < -0.4 is 10.5 Å². The summed E-state index contributed by atoms with van der Waals surface area (Å²) in [4.78, 5) is 0. The average Bonchev–Trinajstić information content (AvgIpc) is 2.03. The second-order valence-corrected chi connectivity index (χ2v) is 2.87. The Bertz CT molecular complexity index is 232. The maximum absolute atomic E-state index is 5.62. The number of ether oxygens (including phenoxy) is 1. The van der Waals surface area contributed by atoms with Crippen LogP contribution in [0.5, 0.6) is 5.75 Å². The lowest BCUT2D eigenvalue weighted by molar-refractivity contribution is 0.347. The molecule has 0 amide bonds. The van der Waals surface area contributed by atoms with E-state index in [4.69, 9.17) is 10.5 Å². The van der Waals surface area contributed by atoms with Gasteiger partial charge in [0.15, 0.2) is 0 Å². The summed E-state index contributed by atoms with van der Waals surface area (Å²) in [5.74, 6) is 0.756. The van der Waals surface area contributed by atoms with Gasteiger partial charge in [0.05, 0.1) is 12.3 Å². The van der Waals surface area contributed by atoms with Crippen LogP contribution >= 0.6 is 28.3 Å². The highest BCUT2D eigenvalue weighted by molar-refractivity contribution is 9.09. The summed E-state index contributed by atoms with van der Waals surface area (Å²) in [6.07, 6.45) is 0. The molecule has 0 unspecified atom stereocenters. The van der Waals surface area contributed by atoms with E-state index in [9.17, 15) is 0 Å². The molecule has 2 nitrogen and oxygen atoms in total. The zero-order valence-corrected chi connectivity index (χ0v) is 8.90. The standard InChI is InChI=1S/C8H10BrNO.ClH/c9-5-6-11-8-4-2-1-3-7(8)10;/h1-4H,5-6,10H2;1H. The highest BCUT2D eigenvalue weighted by atomic mass is 79.9. The molecule has 0 radical (unpaired) electrons. The fourth-order valence-electron chi connectivity index (χ4n) is 0.761. The van der Waals surface area contributed by atoms with Crippen LogP contribution in [0.3, 0.4) is 0 Å². The van der Waals surface area contributed by atoms with Gasteiger partial charge in [0, 0.05) is 5.33 Å². The van der Waals surface area contributed by atoms with Gasteiger partial charge in [-0.25, -0.2) is 0 Å². The van der Waals surface area contributed by atoms with Crippen LogP contribution in [0.2, 0.25) is 0 Å². The van der Waals surface area contributed by atoms with E-state index in [0.29, 0.717) is 12.3 Å². The normalized spacial score (nSPS) is 8.75. The van der Waals surface area contributed by atoms with Crippen molar-refractivity contribution in [3.63, 3.8) is 0 Å². The summed E-state index contributed by atoms with van der Waals surface area (Å²) >= 11 is 3.27. The van der Waals surface area contributed by atoms with Crippen molar-refractivity contribution < 1.29 is 4.74 Å². The second-order valence-electron chi connectivity index (χ2n) is 2.08. The topological polar surface area (TPSA) is 35.2 Å². The summed E-state index contributed by atoms with van der Waals surface area (Å²) in [5.41, 5.74) is 6.31. The van der Waals surface area contributed by atoms with E-state index in [-0.39, 0.29) is 12.4 Å². The number of hydrogen-bond donors (Lipinski definition) is 1. The summed E-state index contributed by atoms with van der Waals surface area (Å²) in [5, 5.41) is 0.821. The number of anilines is 1. The predicted octanol–water partition coefficient (Wildman–Crippen LogP) is 2.46. The van der Waals surface area contributed by atoms with Gasteiger partial charge in [-0.05, 0) is 12.1 Å². The largest absolute Gasteiger partial charge is 0.491 e. The molecule has 0 aromatic heterocycles. The van der Waals surface area contributed by atoms with Crippen LogP contribution in [-0.4, -0.2) is 11.9 Å². The third kappa shape index (κ3) is 3.32. The van der Waals surface area contributed by atoms with Crippen LogP contribution in [0, 0.1) is 0 Å². The van der Waals surface area contributed by atoms with Crippen molar-refractivity contribution in [2.75, 3.05) is 17.7 Å². The smallest absolute Gasteiger partial charge is 0.142 e. The summed E-state index contributed by atoms with van der Waals surface area (Å²) in [6, 6.07) is 7.47. The van der Waals surface area contributed by atoms with Gasteiger partial charge < -0.3 is 10.5 Å². The first kappa shape index (κ1) is 11.6. The first-order valence-electron chi connectivity index (χ1n) is 3.38. The Morgan fingerprint density at radius 3 is 2.58 bits per heavy atom. The number of alkyl halides is 1. The summed E-state index contributed by atoms with van der Waals surface area (Å²) in [6.45, 7) is 0.647. The van der Waals surface area contributed by atoms with E-state index < -0.39 is 0 Å². The van der Waals surface area contributed by atoms with Crippen LogP contribution in [0.25, 0.3) is 0 Å². The van der Waals surface area contributed by atoms with Gasteiger partial charge in [-0.15, -0.1) is 12.4 Å². The molecule has 0 fully saturated rings. The molecule has 0 aliphatic heterocycles. The van der Waals surface area contributed by atoms with E-state index >= 15 is 0 Å². The molecular weight excluding hydrogens is 241 g/mol. The quantitative estimate of drug-likeness (QED) is 0.662. The molecule has 1 aromatic rings. The van der Waals surface area contributed by atoms with Crippen molar-refractivity contribution in [3.8, 4) is 5.75 Å². The van der Waals surface area contributed by atoms with E-state index in [2.05, 4.69) is 15.9 Å². The number of halogens is 2. The maximum Gasteiger partial charge on any atom is 0.142 e. The summed E-state index contributed by atoms with van der Waals surface area (Å²) in [7, 11) is 0. The lowest BCUT2D eigenvalue weighted by Gasteiger charge is -2.05. The maximum atomic E-state index is 5.62. The fraction of sp³-hybridized carbons (Fsp3) is 0.250. The molecule has 0 spiro atoms. The van der Waals surface area contributed by atoms with E-state index in [1.54, 1.807) is 0 Å². The number of hydrogen-bond acceptors (Lipinski definition) is 2. The molecular formula is C8H11BrClNO. The SMILES string of the molecule is Cl.Nc1ccccc1OCCBr. The zero-order valence-electron chi connectivity index (χ0n) is 6.50. The molecule has 1 rings (SSSR count). The number of rotatable bonds is 3. The molecule has 0 saturated carbocycles. The number of nitrogens with two attached hydrogens (primary N) is 1. The van der Waals surface area contributed by atoms with Gasteiger partial charge in [0.2, 0.25) is 0 Å². The Balaban J connectivity index is 0.00000121. The van der Waals surface area contributed by atoms with Gasteiger partial charge in [0.1, 0.15) is 5.75 Å². The lowest BCUT2D eigenvalue weighted by atomic mass is 10.3. The predicted molar refractivity (Wildman–Crippen MR) is 57.4 cm³/mol. The molecule has 68 valence electrons. The van der Waals surface area contributed by atoms with Crippen molar-refractivity contribution in [1.82, 2.24) is 0 Å². The van der Waals surface area contributed by atoms with Crippen molar-refractivity contribution in [2.45, 2.75) is 0 Å². The molecule has 0 aliphatic carbocycles. The van der Waals surface area contributed by atoms with Gasteiger partial charge >= 0.3 is 0 Å². The highest BCUT2D eigenvalue weighted by Gasteiger charge is 1.95. The Morgan fingerprint density at radius 2 is 2.00 bits per heavy atom. The highest BCUT2D eigenvalue weighted by Crippen LogP contribution is 2.19. The molecule has 0 saturated heterocycles. The molecule has 2 N–H and O–H groups in total. The molecule has 12 heavy (non-hydrogen) atoms. The number of benzene rings is 1. The Morgan fingerprint density at radius 1 is 1.33 bits per heavy atom. The first-order chi connectivity index (χ1) is 5.34. The minimum Gasteiger partial charge on any atom is -0.491 e. The van der Waals surface area contributed by atoms with E-state index in [1.807, 2.05) is 24.3 Å². The molecule has 0 aliphatic rings. The van der Waals surface area contributed by atoms with Gasteiger partial charge in [-0.2, -0.15) is 0 Å². The Hall–Kier alpha value is -0.410. The van der Waals surface area contributed by atoms with Crippen LogP contribution in [0.4, 0.5) is 5.69 Å². The molecule has 0 heterocycles. The van der Waals surface area contributed by atoms with E-state index in [0.717, 1.165) is 11.1 Å². The average molecular weight is 253 g/mol. The van der Waals surface area contributed by atoms with Crippen molar-refractivity contribution in [3.05, 3.63) is 24.3 Å². The van der Waals surface area contributed by atoms with Crippen molar-refractivity contribution >= 4 is 34.0 Å². The molecule has 4 heteroatoms. The number of para-hydroxylation sites is 2. The van der Waals surface area contributed by atoms with Crippen molar-refractivity contribution in [1.29, 1.82) is 0 Å². The molecule has 0 atom stereocenters. The minimum atomic E-state index is 0. The third-order valence-electron chi connectivity index (χ3n) is 1.25. The molecule has 1 aromatic carbocycles. The van der Waals surface area contributed by atoms with Gasteiger partial charge in [-0.3, -0.25) is 0 Å². The third-order valence-corrected chi connectivity index (χ3v) is 1.58. The molecule has 0 bridgehead atoms. The van der Waals surface area contributed by atoms with Crippen LogP contribution in [-0.2, 0) is 0 Å². The summed E-state index contributed by atoms with van der Waals surface area (Å²) < 4.78 is 5.31. The van der Waals surface area contributed by atoms with Crippen LogP contribution in [0.15, 0.2) is 24.3 Å². The number of nitrogen functional groups attached to an aromatic ring is 1. The zero-order chi connectivity index (χ0) is 8.10. The fourth-order valence-corrected chi connectivity index (χ4v) is 0.922. The van der Waals surface area contributed by atoms with Crippen LogP contribution in [0.1, 0.15) is 0 Å².